The van der Waals surface area contributed by atoms with E-state index >= 15 is 0 Å². The minimum absolute atomic E-state index is 0.230. The molecule has 2 amide bonds. The molecule has 1 atom stereocenters. The smallest absolute Gasteiger partial charge is 0.313 e. The number of benzene rings is 1. The lowest BCUT2D eigenvalue weighted by atomic mass is 10.1. The van der Waals surface area contributed by atoms with Crippen LogP contribution in [-0.2, 0) is 9.59 Å². The molecule has 23 heavy (non-hydrogen) atoms. The summed E-state index contributed by atoms with van der Waals surface area (Å²) in [6.45, 7) is 0.230. The maximum atomic E-state index is 11.8. The van der Waals surface area contributed by atoms with E-state index in [1.54, 1.807) is 23.9 Å². The molecular formula is C16H18N2O3S2. The van der Waals surface area contributed by atoms with E-state index in [4.69, 9.17) is 0 Å². The van der Waals surface area contributed by atoms with Crippen molar-refractivity contribution in [2.45, 2.75) is 17.4 Å². The molecule has 1 unspecified atom stereocenters. The molecule has 1 aromatic heterocycles. The number of anilines is 1. The van der Waals surface area contributed by atoms with Gasteiger partial charge in [-0.05, 0) is 53.3 Å². The van der Waals surface area contributed by atoms with Crippen LogP contribution in [0.1, 0.15) is 18.1 Å². The molecule has 0 saturated carbocycles. The Morgan fingerprint density at radius 2 is 2.13 bits per heavy atom. The van der Waals surface area contributed by atoms with Crippen LogP contribution in [0.4, 0.5) is 5.69 Å². The third-order valence-electron chi connectivity index (χ3n) is 3.17. The van der Waals surface area contributed by atoms with Crippen LogP contribution in [0, 0.1) is 0 Å². The number of nitrogens with one attached hydrogen (secondary N) is 2. The Bertz CT molecular complexity index is 659. The molecule has 2 aromatic rings. The molecule has 0 aliphatic carbocycles. The van der Waals surface area contributed by atoms with E-state index in [-0.39, 0.29) is 6.54 Å². The van der Waals surface area contributed by atoms with Crippen molar-refractivity contribution in [3.63, 3.8) is 0 Å². The van der Waals surface area contributed by atoms with Gasteiger partial charge in [-0.25, -0.2) is 0 Å². The highest BCUT2D eigenvalue weighted by atomic mass is 32.2. The highest BCUT2D eigenvalue weighted by molar-refractivity contribution is 7.98. The molecule has 1 heterocycles. The fourth-order valence-corrected chi connectivity index (χ4v) is 3.09. The molecule has 0 aliphatic rings. The summed E-state index contributed by atoms with van der Waals surface area (Å²) in [4.78, 5) is 24.6. The van der Waals surface area contributed by atoms with Gasteiger partial charge in [0.25, 0.3) is 0 Å². The van der Waals surface area contributed by atoms with Crippen LogP contribution in [-0.4, -0.2) is 29.7 Å². The number of rotatable bonds is 6. The Labute approximate surface area is 143 Å². The molecule has 0 spiro atoms. The summed E-state index contributed by atoms with van der Waals surface area (Å²) in [5, 5.41) is 18.7. The average Bonchev–Trinajstić information content (AvgIpc) is 3.09. The van der Waals surface area contributed by atoms with Crippen molar-refractivity contribution in [1.82, 2.24) is 5.32 Å². The van der Waals surface area contributed by atoms with Gasteiger partial charge in [-0.15, -0.1) is 11.8 Å². The second kappa shape index (κ2) is 8.71. The molecule has 0 aliphatic heterocycles. The summed E-state index contributed by atoms with van der Waals surface area (Å²) in [6.07, 6.45) is 1.66. The highest BCUT2D eigenvalue weighted by Crippen LogP contribution is 2.19. The molecule has 0 saturated heterocycles. The molecule has 1 aromatic carbocycles. The lowest BCUT2D eigenvalue weighted by molar-refractivity contribution is -0.136. The van der Waals surface area contributed by atoms with Crippen molar-refractivity contribution in [3.05, 3.63) is 46.7 Å². The van der Waals surface area contributed by atoms with E-state index in [2.05, 4.69) is 10.6 Å². The lowest BCUT2D eigenvalue weighted by Crippen LogP contribution is -2.36. The van der Waals surface area contributed by atoms with Crippen LogP contribution in [0.2, 0.25) is 0 Å². The fourth-order valence-electron chi connectivity index (χ4n) is 1.92. The van der Waals surface area contributed by atoms with E-state index in [0.29, 0.717) is 12.1 Å². The topological polar surface area (TPSA) is 78.4 Å². The first-order chi connectivity index (χ1) is 11.1. The predicted octanol–water partition coefficient (Wildman–Crippen LogP) is 2.65. The third-order valence-corrected chi connectivity index (χ3v) is 4.59. The average molecular weight is 350 g/mol. The first kappa shape index (κ1) is 17.5. The SMILES string of the molecule is CSc1cccc(NC(=O)C(=O)NCCC(O)c2ccsc2)c1. The number of aliphatic hydroxyl groups excluding tert-OH is 1. The Hall–Kier alpha value is -1.83. The van der Waals surface area contributed by atoms with Gasteiger partial charge in [0.15, 0.2) is 0 Å². The van der Waals surface area contributed by atoms with Crippen LogP contribution in [0.3, 0.4) is 0 Å². The molecule has 0 fully saturated rings. The van der Waals surface area contributed by atoms with Gasteiger partial charge in [-0.3, -0.25) is 9.59 Å². The van der Waals surface area contributed by atoms with Gasteiger partial charge in [-0.2, -0.15) is 11.3 Å². The molecule has 2 rings (SSSR count). The van der Waals surface area contributed by atoms with Gasteiger partial charge in [0.2, 0.25) is 0 Å². The number of amides is 2. The van der Waals surface area contributed by atoms with Crippen molar-refractivity contribution >= 4 is 40.6 Å². The maximum Gasteiger partial charge on any atom is 0.313 e. The number of carbonyl (C=O) groups excluding carboxylic acids is 2. The Morgan fingerprint density at radius 1 is 1.30 bits per heavy atom. The molecule has 7 heteroatoms. The predicted molar refractivity (Wildman–Crippen MR) is 93.8 cm³/mol. The van der Waals surface area contributed by atoms with E-state index in [0.717, 1.165) is 10.5 Å². The summed E-state index contributed by atoms with van der Waals surface area (Å²) < 4.78 is 0. The van der Waals surface area contributed by atoms with Crippen molar-refractivity contribution in [2.75, 3.05) is 18.1 Å². The third kappa shape index (κ3) is 5.38. The highest BCUT2D eigenvalue weighted by Gasteiger charge is 2.14. The van der Waals surface area contributed by atoms with Crippen molar-refractivity contribution in [3.8, 4) is 0 Å². The summed E-state index contributed by atoms with van der Waals surface area (Å²) in [7, 11) is 0. The largest absolute Gasteiger partial charge is 0.388 e. The van der Waals surface area contributed by atoms with Gasteiger partial charge < -0.3 is 15.7 Å². The van der Waals surface area contributed by atoms with Crippen LogP contribution in [0.25, 0.3) is 0 Å². The molecule has 122 valence electrons. The zero-order valence-corrected chi connectivity index (χ0v) is 14.2. The Morgan fingerprint density at radius 3 is 2.83 bits per heavy atom. The second-order valence-electron chi connectivity index (χ2n) is 4.80. The van der Waals surface area contributed by atoms with Gasteiger partial charge in [-0.1, -0.05) is 6.07 Å². The number of thioether (sulfide) groups is 1. The molecule has 5 nitrogen and oxygen atoms in total. The number of hydrogen-bond donors (Lipinski definition) is 3. The first-order valence-corrected chi connectivity index (χ1v) is 9.20. The van der Waals surface area contributed by atoms with E-state index in [9.17, 15) is 14.7 Å². The number of aliphatic hydroxyl groups is 1. The van der Waals surface area contributed by atoms with Gasteiger partial charge in [0.1, 0.15) is 0 Å². The van der Waals surface area contributed by atoms with E-state index < -0.39 is 17.9 Å². The number of hydrogen-bond acceptors (Lipinski definition) is 5. The number of thiophene rings is 1. The molecule has 0 bridgehead atoms. The van der Waals surface area contributed by atoms with Gasteiger partial charge in [0, 0.05) is 17.1 Å². The minimum atomic E-state index is -0.715. The van der Waals surface area contributed by atoms with Crippen molar-refractivity contribution < 1.29 is 14.7 Å². The summed E-state index contributed by atoms with van der Waals surface area (Å²) in [5.41, 5.74) is 1.40. The second-order valence-corrected chi connectivity index (χ2v) is 6.46. The van der Waals surface area contributed by atoms with Crippen LogP contribution >= 0.6 is 23.1 Å². The van der Waals surface area contributed by atoms with Crippen molar-refractivity contribution in [2.24, 2.45) is 0 Å². The zero-order chi connectivity index (χ0) is 16.7. The number of carbonyl (C=O) groups is 2. The molecular weight excluding hydrogens is 332 g/mol. The molecule has 0 radical (unpaired) electrons. The fraction of sp³-hybridized carbons (Fsp3) is 0.250. The molecule has 3 N–H and O–H groups in total. The zero-order valence-electron chi connectivity index (χ0n) is 12.6. The van der Waals surface area contributed by atoms with Crippen LogP contribution < -0.4 is 10.6 Å². The van der Waals surface area contributed by atoms with Gasteiger partial charge in [0.05, 0.1) is 6.10 Å². The van der Waals surface area contributed by atoms with Crippen molar-refractivity contribution in [1.29, 1.82) is 0 Å². The minimum Gasteiger partial charge on any atom is -0.388 e. The van der Waals surface area contributed by atoms with Gasteiger partial charge >= 0.3 is 11.8 Å². The first-order valence-electron chi connectivity index (χ1n) is 7.03. The Balaban J connectivity index is 1.77. The summed E-state index contributed by atoms with van der Waals surface area (Å²) >= 11 is 3.06. The van der Waals surface area contributed by atoms with E-state index in [1.807, 2.05) is 35.2 Å². The Kier molecular flexibility index (Phi) is 6.64. The normalized spacial score (nSPS) is 11.7. The van der Waals surface area contributed by atoms with E-state index in [1.165, 1.54) is 11.3 Å². The van der Waals surface area contributed by atoms with Crippen LogP contribution in [0.15, 0.2) is 46.0 Å². The van der Waals surface area contributed by atoms with Crippen LogP contribution in [0.5, 0.6) is 0 Å². The quantitative estimate of drug-likeness (QED) is 0.553. The summed E-state index contributed by atoms with van der Waals surface area (Å²) in [5.74, 6) is -1.43. The summed E-state index contributed by atoms with van der Waals surface area (Å²) in [6, 6.07) is 9.10. The lowest BCUT2D eigenvalue weighted by Gasteiger charge is -2.10. The standard InChI is InChI=1S/C16H18N2O3S2/c1-22-13-4-2-3-12(9-13)18-16(21)15(20)17-7-5-14(19)11-6-8-23-10-11/h2-4,6,8-10,14,19H,5,7H2,1H3,(H,17,20)(H,18,21). The maximum absolute atomic E-state index is 11.8. The monoisotopic (exact) mass is 350 g/mol.